The summed E-state index contributed by atoms with van der Waals surface area (Å²) in [5, 5.41) is 0. The zero-order valence-electron chi connectivity index (χ0n) is 14.8. The summed E-state index contributed by atoms with van der Waals surface area (Å²) in [6.07, 6.45) is -4.14. The number of aryl methyl sites for hydroxylation is 1. The van der Waals surface area contributed by atoms with E-state index in [9.17, 15) is 13.2 Å². The molecule has 1 aromatic carbocycles. The van der Waals surface area contributed by atoms with E-state index in [-0.39, 0.29) is 4.90 Å². The third kappa shape index (κ3) is 6.27. The molecule has 6 heteroatoms. The maximum atomic E-state index is 12.2. The molecule has 1 aromatic rings. The van der Waals surface area contributed by atoms with Crippen molar-refractivity contribution in [2.24, 2.45) is 0 Å². The van der Waals surface area contributed by atoms with Crippen molar-refractivity contribution in [2.75, 3.05) is 0 Å². The topological polar surface area (TPSA) is 69.7 Å². The second-order valence-electron chi connectivity index (χ2n) is 5.64. The third-order valence-corrected chi connectivity index (χ3v) is 3.61. The van der Waals surface area contributed by atoms with Crippen molar-refractivity contribution >= 4 is 16.1 Å². The Morgan fingerprint density at radius 2 is 1.86 bits per heavy atom. The minimum atomic E-state index is -4.27. The number of ether oxygens (including phenoxy) is 1. The van der Waals surface area contributed by atoms with Crippen LogP contribution in [0.5, 0.6) is 0 Å². The first-order chi connectivity index (χ1) is 10.2. The quantitative estimate of drug-likeness (QED) is 0.617. The molecular weight excluding hydrogens is 292 g/mol. The SMILES string of the molecule is [2H][C@@H](C(=O)OC(C)(C)C)[C@@]([2H])(C)OS(=O)(=O)c1ccc(C)cc1. The van der Waals surface area contributed by atoms with E-state index in [0.717, 1.165) is 12.5 Å². The highest BCUT2D eigenvalue weighted by molar-refractivity contribution is 7.86. The minimum Gasteiger partial charge on any atom is -0.460 e. The maximum absolute atomic E-state index is 12.2. The van der Waals surface area contributed by atoms with Gasteiger partial charge in [-0.05, 0) is 46.8 Å². The van der Waals surface area contributed by atoms with Crippen LogP contribution in [0.3, 0.4) is 0 Å². The van der Waals surface area contributed by atoms with Gasteiger partial charge < -0.3 is 4.74 Å². The second-order valence-corrected chi connectivity index (χ2v) is 7.19. The van der Waals surface area contributed by atoms with Crippen LogP contribution in [0.15, 0.2) is 29.2 Å². The zero-order chi connectivity index (χ0) is 18.1. The molecule has 0 aliphatic heterocycles. The van der Waals surface area contributed by atoms with E-state index in [4.69, 9.17) is 11.7 Å². The van der Waals surface area contributed by atoms with Crippen molar-refractivity contribution in [1.29, 1.82) is 0 Å². The number of esters is 1. The summed E-state index contributed by atoms with van der Waals surface area (Å²) >= 11 is 0. The first-order valence-corrected chi connectivity index (χ1v) is 7.83. The maximum Gasteiger partial charge on any atom is 0.308 e. The Labute approximate surface area is 129 Å². The zero-order valence-corrected chi connectivity index (χ0v) is 13.7. The normalized spacial score (nSPS) is 18.1. The lowest BCUT2D eigenvalue weighted by Gasteiger charge is -2.20. The molecule has 5 nitrogen and oxygen atoms in total. The molecule has 0 fully saturated rings. The lowest BCUT2D eigenvalue weighted by molar-refractivity contribution is -0.156. The highest BCUT2D eigenvalue weighted by Crippen LogP contribution is 2.17. The van der Waals surface area contributed by atoms with Gasteiger partial charge in [-0.25, -0.2) is 0 Å². The molecule has 0 spiro atoms. The summed E-state index contributed by atoms with van der Waals surface area (Å²) in [7, 11) is -4.27. The van der Waals surface area contributed by atoms with E-state index in [2.05, 4.69) is 0 Å². The number of rotatable bonds is 5. The fourth-order valence-electron chi connectivity index (χ4n) is 1.45. The second kappa shape index (κ2) is 6.58. The van der Waals surface area contributed by atoms with Gasteiger partial charge >= 0.3 is 5.97 Å². The minimum absolute atomic E-state index is 0.141. The van der Waals surface area contributed by atoms with Gasteiger partial charge in [0.05, 0.1) is 18.7 Å². The lowest BCUT2D eigenvalue weighted by Crippen LogP contribution is -2.27. The average molecular weight is 316 g/mol. The molecule has 0 aliphatic rings. The lowest BCUT2D eigenvalue weighted by atomic mass is 10.2. The van der Waals surface area contributed by atoms with Gasteiger partial charge in [0.15, 0.2) is 0 Å². The molecule has 1 rings (SSSR count). The van der Waals surface area contributed by atoms with Crippen molar-refractivity contribution < 1.29 is 24.9 Å². The molecule has 0 bridgehead atoms. The predicted octanol–water partition coefficient (Wildman–Crippen LogP) is 2.82. The molecule has 0 unspecified atom stereocenters. The van der Waals surface area contributed by atoms with Crippen LogP contribution in [0, 0.1) is 6.92 Å². The van der Waals surface area contributed by atoms with Crippen LogP contribution in [0.1, 0.15) is 42.4 Å². The number of hydrogen-bond acceptors (Lipinski definition) is 5. The summed E-state index contributed by atoms with van der Waals surface area (Å²) in [5.74, 6) is -1.02. The summed E-state index contributed by atoms with van der Waals surface area (Å²) < 4.78 is 49.9. The summed E-state index contributed by atoms with van der Waals surface area (Å²) in [6, 6.07) is 5.85. The molecule has 0 heterocycles. The van der Waals surface area contributed by atoms with Crippen LogP contribution >= 0.6 is 0 Å². The first kappa shape index (κ1) is 14.5. The van der Waals surface area contributed by atoms with E-state index < -0.39 is 34.2 Å². The van der Waals surface area contributed by atoms with Gasteiger partial charge in [0.2, 0.25) is 0 Å². The molecule has 0 amide bonds. The van der Waals surface area contributed by atoms with Crippen LogP contribution in [0.2, 0.25) is 0 Å². The van der Waals surface area contributed by atoms with Crippen LogP contribution in [0.4, 0.5) is 0 Å². The van der Waals surface area contributed by atoms with Crippen molar-refractivity contribution in [2.45, 2.75) is 57.6 Å². The largest absolute Gasteiger partial charge is 0.460 e. The van der Waals surface area contributed by atoms with Crippen LogP contribution < -0.4 is 0 Å². The highest BCUT2D eigenvalue weighted by atomic mass is 32.2. The van der Waals surface area contributed by atoms with Crippen LogP contribution in [0.25, 0.3) is 0 Å². The van der Waals surface area contributed by atoms with Gasteiger partial charge in [0, 0.05) is 1.37 Å². The molecule has 0 saturated carbocycles. The van der Waals surface area contributed by atoms with Crippen molar-refractivity contribution in [3.63, 3.8) is 0 Å². The van der Waals surface area contributed by atoms with Gasteiger partial charge in [0.1, 0.15) is 5.60 Å². The standard InChI is InChI=1S/C15H22O5S/c1-11-6-8-13(9-7-11)21(17,18)20-12(2)10-14(16)19-15(3,4)5/h6-9,12H,10H2,1-5H3/t12-/m1/s1/i10D,12D/t10-,12-. The Balaban J connectivity index is 2.96. The molecule has 0 aromatic heterocycles. The predicted molar refractivity (Wildman–Crippen MR) is 79.4 cm³/mol. The fourth-order valence-corrected chi connectivity index (χ4v) is 2.41. The molecule has 2 atom stereocenters. The smallest absolute Gasteiger partial charge is 0.308 e. The molecule has 0 N–H and O–H groups in total. The van der Waals surface area contributed by atoms with Gasteiger partial charge in [-0.3, -0.25) is 8.98 Å². The summed E-state index contributed by atoms with van der Waals surface area (Å²) in [5.41, 5.74) is 0.0205. The van der Waals surface area contributed by atoms with E-state index in [1.54, 1.807) is 39.8 Å². The van der Waals surface area contributed by atoms with E-state index in [1.807, 2.05) is 0 Å². The Kier molecular flexibility index (Phi) is 4.55. The molecule has 118 valence electrons. The molecular formula is C15H22O5S. The number of benzene rings is 1. The van der Waals surface area contributed by atoms with E-state index >= 15 is 0 Å². The molecule has 21 heavy (non-hydrogen) atoms. The van der Waals surface area contributed by atoms with E-state index in [1.165, 1.54) is 12.1 Å². The average Bonchev–Trinajstić information content (AvgIpc) is 2.35. The monoisotopic (exact) mass is 316 g/mol. The first-order valence-electron chi connectivity index (χ1n) is 7.50. The van der Waals surface area contributed by atoms with Crippen molar-refractivity contribution in [3.05, 3.63) is 29.8 Å². The molecule has 0 saturated heterocycles. The van der Waals surface area contributed by atoms with Gasteiger partial charge in [-0.15, -0.1) is 0 Å². The van der Waals surface area contributed by atoms with Gasteiger partial charge in [-0.1, -0.05) is 17.7 Å². The molecule has 0 radical (unpaired) electrons. The van der Waals surface area contributed by atoms with Crippen LogP contribution in [-0.2, 0) is 23.8 Å². The molecule has 0 aliphatic carbocycles. The summed E-state index contributed by atoms with van der Waals surface area (Å²) in [6.45, 7) is 7.68. The van der Waals surface area contributed by atoms with E-state index in [0.29, 0.717) is 0 Å². The Morgan fingerprint density at radius 1 is 1.33 bits per heavy atom. The fraction of sp³-hybridized carbons (Fsp3) is 0.533. The third-order valence-electron chi connectivity index (χ3n) is 2.28. The van der Waals surface area contributed by atoms with Crippen molar-refractivity contribution in [3.8, 4) is 0 Å². The van der Waals surface area contributed by atoms with Crippen LogP contribution in [-0.4, -0.2) is 26.1 Å². The Hall–Kier alpha value is -1.40. The summed E-state index contributed by atoms with van der Waals surface area (Å²) in [4.78, 5) is 11.7. The van der Waals surface area contributed by atoms with Crippen molar-refractivity contribution in [1.82, 2.24) is 0 Å². The Morgan fingerprint density at radius 3 is 2.33 bits per heavy atom. The van der Waals surface area contributed by atoms with Gasteiger partial charge in [-0.2, -0.15) is 8.42 Å². The highest BCUT2D eigenvalue weighted by Gasteiger charge is 2.23. The number of carbonyl (C=O) groups excluding carboxylic acids is 1. The van der Waals surface area contributed by atoms with Gasteiger partial charge in [0.25, 0.3) is 10.1 Å². The Bertz CT molecular complexity index is 660. The number of carbonyl (C=O) groups is 1. The number of hydrogen-bond donors (Lipinski definition) is 0.